The van der Waals surface area contributed by atoms with Crippen LogP contribution in [0.2, 0.25) is 0 Å². The molecule has 5 N–H and O–H groups in total. The maximum atomic E-state index is 17.0. The second-order valence-corrected chi connectivity index (χ2v) is 18.4. The Balaban J connectivity index is 1.64. The summed E-state index contributed by atoms with van der Waals surface area (Å²) in [6, 6.07) is -0.625. The number of hydrogen-bond acceptors (Lipinski definition) is 8. The fourth-order valence-electron chi connectivity index (χ4n) is 7.67. The van der Waals surface area contributed by atoms with Crippen LogP contribution in [0, 0.1) is 0 Å². The summed E-state index contributed by atoms with van der Waals surface area (Å²) < 4.78 is 72.1. The number of carbonyl (C=O) groups excluding carboxylic acids is 4. The van der Waals surface area contributed by atoms with Crippen molar-refractivity contribution in [1.82, 2.24) is 25.7 Å². The number of allylic oxidation sites excluding steroid dienone is 2. The minimum absolute atomic E-state index is 0.00585. The number of quaternary nitrogens is 1. The third-order valence-corrected chi connectivity index (χ3v) is 11.4. The van der Waals surface area contributed by atoms with Gasteiger partial charge in [0.2, 0.25) is 23.6 Å². The van der Waals surface area contributed by atoms with Crippen molar-refractivity contribution in [2.45, 2.75) is 129 Å². The van der Waals surface area contributed by atoms with E-state index in [1.807, 2.05) is 26.0 Å². The van der Waals surface area contributed by atoms with Gasteiger partial charge in [-0.3, -0.25) is 24.0 Å². The molecule has 61 heavy (non-hydrogen) atoms. The number of rotatable bonds is 28. The standard InChI is InChI=1S/C41H66BF2N7O9S/c1-7-15-29-25-31(17-14-24-51(4,5)6)49-35(29)27-36-30(16-8-2)26-32(50(36)42(49,43)44)20-21-38(53)48-34(28-61(58,59)60)41(57)46-22-12-10-18-37(52)47-33(9-3)40(56)45-23-13-11-19-39(54)55/h25-27,33-34H,7-24,28H2,1-6H3,(H5-,45,46,47,48,52,53,54,55,56,57,58,59,60). The van der Waals surface area contributed by atoms with Crippen LogP contribution < -0.4 is 21.3 Å². The summed E-state index contributed by atoms with van der Waals surface area (Å²) in [7, 11) is 1.18. The first-order valence-corrected chi connectivity index (χ1v) is 23.1. The first-order valence-electron chi connectivity index (χ1n) is 21.5. The second kappa shape index (κ2) is 23.1. The minimum Gasteiger partial charge on any atom is -0.748 e. The molecule has 3 rings (SSSR count). The molecular weight excluding hydrogens is 815 g/mol. The van der Waals surface area contributed by atoms with Gasteiger partial charge in [0.05, 0.1) is 43.6 Å². The number of aliphatic carboxylic acids is 1. The van der Waals surface area contributed by atoms with E-state index in [2.05, 4.69) is 42.4 Å². The largest absolute Gasteiger partial charge is 0.748 e. The van der Waals surface area contributed by atoms with E-state index < -0.39 is 64.5 Å². The molecular formula is C41H66BF2N7O9S. The highest BCUT2D eigenvalue weighted by Gasteiger charge is 2.54. The van der Waals surface area contributed by atoms with Gasteiger partial charge in [-0.05, 0) is 68.7 Å². The quantitative estimate of drug-likeness (QED) is 0.0361. The average molecular weight is 882 g/mol. The van der Waals surface area contributed by atoms with Crippen molar-refractivity contribution in [2.24, 2.45) is 0 Å². The number of carboxylic acids is 1. The number of aromatic nitrogens is 1. The van der Waals surface area contributed by atoms with Gasteiger partial charge in [-0.2, -0.15) is 0 Å². The van der Waals surface area contributed by atoms with E-state index in [1.165, 1.54) is 4.48 Å². The van der Waals surface area contributed by atoms with Gasteiger partial charge in [0, 0.05) is 68.6 Å². The highest BCUT2D eigenvalue weighted by atomic mass is 32.2. The Kier molecular flexibility index (Phi) is 19.3. The van der Waals surface area contributed by atoms with Gasteiger partial charge in [0.25, 0.3) is 0 Å². The van der Waals surface area contributed by atoms with Crippen molar-refractivity contribution in [1.29, 1.82) is 0 Å². The summed E-state index contributed by atoms with van der Waals surface area (Å²) >= 11 is 0. The van der Waals surface area contributed by atoms with Crippen molar-refractivity contribution >= 4 is 58.5 Å². The fraction of sp³-hybridized carbons (Fsp3) is 0.659. The van der Waals surface area contributed by atoms with Crippen molar-refractivity contribution in [3.63, 3.8) is 0 Å². The first kappa shape index (κ1) is 50.9. The van der Waals surface area contributed by atoms with Gasteiger partial charge in [-0.15, -0.1) is 0 Å². The van der Waals surface area contributed by atoms with Crippen molar-refractivity contribution in [2.75, 3.05) is 46.5 Å². The van der Waals surface area contributed by atoms with Crippen LogP contribution in [0.15, 0.2) is 23.4 Å². The lowest BCUT2D eigenvalue weighted by Crippen LogP contribution is -2.52. The van der Waals surface area contributed by atoms with Crippen molar-refractivity contribution in [3.05, 3.63) is 40.4 Å². The molecule has 0 fully saturated rings. The van der Waals surface area contributed by atoms with Crippen LogP contribution in [0.25, 0.3) is 6.08 Å². The third kappa shape index (κ3) is 15.8. The van der Waals surface area contributed by atoms with Crippen LogP contribution in [0.5, 0.6) is 0 Å². The van der Waals surface area contributed by atoms with Crippen molar-refractivity contribution < 1.29 is 59.7 Å². The van der Waals surface area contributed by atoms with E-state index in [0.717, 1.165) is 28.6 Å². The van der Waals surface area contributed by atoms with E-state index in [0.29, 0.717) is 72.9 Å². The molecule has 2 aliphatic rings. The third-order valence-electron chi connectivity index (χ3n) is 10.6. The number of fused-ring (bicyclic) bond motifs is 2. The van der Waals surface area contributed by atoms with Gasteiger partial charge < -0.3 is 53.0 Å². The summed E-state index contributed by atoms with van der Waals surface area (Å²) in [6.07, 6.45) is 8.63. The molecule has 2 unspecified atom stereocenters. The molecule has 1 aromatic heterocycles. The molecule has 4 amide bonds. The highest BCUT2D eigenvalue weighted by molar-refractivity contribution is 7.85. The lowest BCUT2D eigenvalue weighted by Gasteiger charge is -2.32. The molecule has 20 heteroatoms. The number of nitrogens with one attached hydrogen (secondary N) is 4. The van der Waals surface area contributed by atoms with Gasteiger partial charge in [0.1, 0.15) is 17.8 Å². The van der Waals surface area contributed by atoms with Crippen LogP contribution in [0.1, 0.15) is 121 Å². The fourth-order valence-corrected chi connectivity index (χ4v) is 8.31. The maximum Gasteiger partial charge on any atom is 0.737 e. The van der Waals surface area contributed by atoms with E-state index in [4.69, 9.17) is 5.11 Å². The Morgan fingerprint density at radius 2 is 1.41 bits per heavy atom. The summed E-state index contributed by atoms with van der Waals surface area (Å²) in [6.45, 7) is 2.39. The lowest BCUT2D eigenvalue weighted by atomic mass is 9.88. The predicted octanol–water partition coefficient (Wildman–Crippen LogP) is 3.21. The molecule has 0 saturated heterocycles. The van der Waals surface area contributed by atoms with Crippen LogP contribution in [-0.2, 0) is 46.9 Å². The Morgan fingerprint density at radius 3 is 1.98 bits per heavy atom. The molecule has 3 heterocycles. The molecule has 1 aromatic rings. The number of amides is 4. The van der Waals surface area contributed by atoms with E-state index in [1.54, 1.807) is 13.0 Å². The van der Waals surface area contributed by atoms with E-state index >= 15 is 8.63 Å². The smallest absolute Gasteiger partial charge is 0.737 e. The Morgan fingerprint density at radius 1 is 0.820 bits per heavy atom. The molecule has 0 aromatic carbocycles. The number of hydrogen-bond donors (Lipinski definition) is 5. The van der Waals surface area contributed by atoms with Crippen LogP contribution in [0.4, 0.5) is 8.63 Å². The average Bonchev–Trinajstić information content (AvgIpc) is 3.69. The second-order valence-electron chi connectivity index (χ2n) is 16.9. The SMILES string of the molecule is CCCC1=CC(CCC(=O)NC(CS(=O)(=O)[O-])C(=O)NCCCCC(=O)NC(CC)C(=O)NCCCCC(=O)O)=[N+]2C1=Cc1c(CCC)cc(CCC[N+](C)(C)C)n1[B-]2(F)F. The molecule has 0 aliphatic carbocycles. The zero-order valence-corrected chi connectivity index (χ0v) is 37.4. The predicted molar refractivity (Wildman–Crippen MR) is 229 cm³/mol. The maximum absolute atomic E-state index is 17.0. The Bertz CT molecular complexity index is 1960. The number of nitrogens with zero attached hydrogens (tertiary/aromatic N) is 3. The molecule has 0 radical (unpaired) electrons. The van der Waals surface area contributed by atoms with Crippen molar-refractivity contribution in [3.8, 4) is 0 Å². The number of aryl methyl sites for hydroxylation is 2. The van der Waals surface area contributed by atoms with Crippen LogP contribution >= 0.6 is 0 Å². The topological polar surface area (TPSA) is 219 Å². The summed E-state index contributed by atoms with van der Waals surface area (Å²) in [5, 5.41) is 18.8. The molecule has 0 bridgehead atoms. The zero-order chi connectivity index (χ0) is 45.5. The lowest BCUT2D eigenvalue weighted by molar-refractivity contribution is -0.870. The number of carboxylic acid groups (broad SMARTS) is 1. The molecule has 2 atom stereocenters. The Hall–Kier alpha value is -4.43. The normalized spacial score (nSPS) is 15.6. The number of carbonyl (C=O) groups is 5. The number of unbranched alkanes of at least 4 members (excludes halogenated alkanes) is 2. The molecule has 342 valence electrons. The van der Waals surface area contributed by atoms with Gasteiger partial charge in [-0.1, -0.05) is 33.6 Å². The molecule has 2 aliphatic heterocycles. The van der Waals surface area contributed by atoms with E-state index in [9.17, 15) is 36.9 Å². The van der Waals surface area contributed by atoms with Crippen LogP contribution in [-0.4, -0.2) is 132 Å². The monoisotopic (exact) mass is 881 g/mol. The van der Waals surface area contributed by atoms with Gasteiger partial charge in [0.15, 0.2) is 5.70 Å². The highest BCUT2D eigenvalue weighted by Crippen LogP contribution is 2.39. The van der Waals surface area contributed by atoms with Gasteiger partial charge in [-0.25, -0.2) is 8.42 Å². The van der Waals surface area contributed by atoms with Crippen LogP contribution in [0.3, 0.4) is 0 Å². The Labute approximate surface area is 359 Å². The molecule has 16 nitrogen and oxygen atoms in total. The molecule has 0 saturated carbocycles. The summed E-state index contributed by atoms with van der Waals surface area (Å²) in [5.74, 6) is -4.67. The summed E-state index contributed by atoms with van der Waals surface area (Å²) in [5.41, 5.74) is 3.28. The van der Waals surface area contributed by atoms with E-state index in [-0.39, 0.29) is 57.3 Å². The summed E-state index contributed by atoms with van der Waals surface area (Å²) in [4.78, 5) is 61.8. The minimum atomic E-state index is -4.99. The zero-order valence-electron chi connectivity index (χ0n) is 36.6. The number of halogens is 2. The molecule has 0 spiro atoms. The van der Waals surface area contributed by atoms with Gasteiger partial charge >= 0.3 is 12.9 Å². The first-order chi connectivity index (χ1) is 28.6.